The molecule has 0 amide bonds. The summed E-state index contributed by atoms with van der Waals surface area (Å²) >= 11 is 0. The van der Waals surface area contributed by atoms with Crippen LogP contribution in [0.2, 0.25) is 0 Å². The van der Waals surface area contributed by atoms with Crippen molar-refractivity contribution in [3.63, 3.8) is 0 Å². The van der Waals surface area contributed by atoms with Crippen LogP contribution in [0.5, 0.6) is 0 Å². The molecule has 3 nitrogen and oxygen atoms in total. The molecule has 1 saturated carbocycles. The molecule has 0 unspecified atom stereocenters. The third kappa shape index (κ3) is 5.41. The van der Waals surface area contributed by atoms with Gasteiger partial charge < -0.3 is 10.4 Å². The van der Waals surface area contributed by atoms with Crippen LogP contribution >= 0.6 is 0 Å². The van der Waals surface area contributed by atoms with E-state index >= 15 is 0 Å². The molecule has 0 atom stereocenters. The van der Waals surface area contributed by atoms with Crippen molar-refractivity contribution in [3.05, 3.63) is 29.8 Å². The van der Waals surface area contributed by atoms with E-state index in [1.165, 1.54) is 43.4 Å². The highest BCUT2D eigenvalue weighted by atomic mass is 16.4. The Labute approximate surface area is 127 Å². The van der Waals surface area contributed by atoms with Gasteiger partial charge in [0.15, 0.2) is 0 Å². The van der Waals surface area contributed by atoms with Gasteiger partial charge in [0.2, 0.25) is 0 Å². The Morgan fingerprint density at radius 1 is 1.19 bits per heavy atom. The quantitative estimate of drug-likeness (QED) is 0.778. The number of aryl methyl sites for hydroxylation is 1. The molecule has 1 aromatic rings. The second kappa shape index (κ2) is 7.48. The van der Waals surface area contributed by atoms with Crippen molar-refractivity contribution in [2.24, 2.45) is 5.41 Å². The molecular weight excluding hydrogens is 262 g/mol. The number of rotatable bonds is 7. The van der Waals surface area contributed by atoms with Gasteiger partial charge in [0.05, 0.1) is 0 Å². The molecule has 21 heavy (non-hydrogen) atoms. The minimum Gasteiger partial charge on any atom is -0.481 e. The first-order valence-electron chi connectivity index (χ1n) is 8.12. The Kier molecular flexibility index (Phi) is 5.66. The van der Waals surface area contributed by atoms with E-state index in [-0.39, 0.29) is 6.42 Å². The molecule has 2 rings (SSSR count). The predicted octanol–water partition coefficient (Wildman–Crippen LogP) is 4.48. The van der Waals surface area contributed by atoms with Crippen LogP contribution in [-0.2, 0) is 11.2 Å². The fourth-order valence-electron chi connectivity index (χ4n) is 3.13. The van der Waals surface area contributed by atoms with Gasteiger partial charge in [0.1, 0.15) is 0 Å². The second-order valence-electron chi connectivity index (χ2n) is 6.67. The molecular formula is C18H27NO2. The van der Waals surface area contributed by atoms with E-state index < -0.39 is 5.97 Å². The van der Waals surface area contributed by atoms with Crippen molar-refractivity contribution in [1.29, 1.82) is 0 Å². The predicted molar refractivity (Wildman–Crippen MR) is 86.7 cm³/mol. The zero-order chi connectivity index (χ0) is 15.1. The lowest BCUT2D eigenvalue weighted by Crippen LogP contribution is -2.28. The Bertz CT molecular complexity index is 447. The van der Waals surface area contributed by atoms with Crippen molar-refractivity contribution < 1.29 is 9.90 Å². The molecule has 3 heteroatoms. The van der Waals surface area contributed by atoms with E-state index in [2.05, 4.69) is 36.5 Å². The van der Waals surface area contributed by atoms with Crippen LogP contribution in [0.15, 0.2) is 24.3 Å². The van der Waals surface area contributed by atoms with Gasteiger partial charge >= 0.3 is 5.97 Å². The van der Waals surface area contributed by atoms with Gasteiger partial charge in [0, 0.05) is 18.7 Å². The van der Waals surface area contributed by atoms with Crippen molar-refractivity contribution in [1.82, 2.24) is 0 Å². The standard InChI is InChI=1S/C18H27NO2/c1-18(12-3-2-4-13-18)14-19-16-10-8-15(9-11-16)6-5-7-17(20)21/h8-11,19H,2-7,12-14H2,1H3,(H,20,21). The first-order chi connectivity index (χ1) is 10.1. The maximum atomic E-state index is 10.5. The molecule has 1 aliphatic rings. The molecule has 0 spiro atoms. The van der Waals surface area contributed by atoms with E-state index in [0.29, 0.717) is 11.8 Å². The van der Waals surface area contributed by atoms with Crippen LogP contribution in [0, 0.1) is 5.41 Å². The van der Waals surface area contributed by atoms with E-state index in [1.807, 2.05) is 0 Å². The molecule has 0 heterocycles. The zero-order valence-corrected chi connectivity index (χ0v) is 13.0. The first kappa shape index (κ1) is 15.9. The summed E-state index contributed by atoms with van der Waals surface area (Å²) in [6, 6.07) is 8.44. The molecule has 0 aromatic heterocycles. The average Bonchev–Trinajstić information content (AvgIpc) is 2.47. The van der Waals surface area contributed by atoms with Crippen LogP contribution in [0.4, 0.5) is 5.69 Å². The number of hydrogen-bond donors (Lipinski definition) is 2. The Balaban J connectivity index is 1.77. The van der Waals surface area contributed by atoms with Crippen LogP contribution in [-0.4, -0.2) is 17.6 Å². The lowest BCUT2D eigenvalue weighted by Gasteiger charge is -2.34. The summed E-state index contributed by atoms with van der Waals surface area (Å²) in [5.74, 6) is -0.714. The van der Waals surface area contributed by atoms with Gasteiger partial charge in [-0.15, -0.1) is 0 Å². The number of aliphatic carboxylic acids is 1. The maximum absolute atomic E-state index is 10.5. The van der Waals surface area contributed by atoms with Crippen LogP contribution in [0.25, 0.3) is 0 Å². The Hall–Kier alpha value is -1.51. The summed E-state index contributed by atoms with van der Waals surface area (Å²) in [5.41, 5.74) is 2.83. The maximum Gasteiger partial charge on any atom is 0.303 e. The number of carbonyl (C=O) groups is 1. The fraction of sp³-hybridized carbons (Fsp3) is 0.611. The fourth-order valence-corrected chi connectivity index (χ4v) is 3.13. The van der Waals surface area contributed by atoms with Gasteiger partial charge in [-0.25, -0.2) is 0 Å². The third-order valence-corrected chi connectivity index (χ3v) is 4.59. The van der Waals surface area contributed by atoms with Gasteiger partial charge in [0.25, 0.3) is 0 Å². The van der Waals surface area contributed by atoms with Gasteiger partial charge in [-0.1, -0.05) is 38.3 Å². The normalized spacial score (nSPS) is 17.4. The summed E-state index contributed by atoms with van der Waals surface area (Å²) in [4.78, 5) is 10.5. The highest BCUT2D eigenvalue weighted by molar-refractivity contribution is 5.66. The highest BCUT2D eigenvalue weighted by Crippen LogP contribution is 2.35. The first-order valence-corrected chi connectivity index (χ1v) is 8.12. The summed E-state index contributed by atoms with van der Waals surface area (Å²) in [5, 5.41) is 12.2. The van der Waals surface area contributed by atoms with Gasteiger partial charge in [-0.3, -0.25) is 4.79 Å². The van der Waals surface area contributed by atoms with Crippen LogP contribution < -0.4 is 5.32 Å². The zero-order valence-electron chi connectivity index (χ0n) is 13.0. The third-order valence-electron chi connectivity index (χ3n) is 4.59. The highest BCUT2D eigenvalue weighted by Gasteiger charge is 2.26. The van der Waals surface area contributed by atoms with Crippen molar-refractivity contribution >= 4 is 11.7 Å². The van der Waals surface area contributed by atoms with Gasteiger partial charge in [-0.2, -0.15) is 0 Å². The molecule has 2 N–H and O–H groups in total. The number of anilines is 1. The number of carboxylic acid groups (broad SMARTS) is 1. The van der Waals surface area contributed by atoms with E-state index in [4.69, 9.17) is 5.11 Å². The molecule has 1 aromatic carbocycles. The minimum absolute atomic E-state index is 0.248. The number of benzene rings is 1. The SMILES string of the molecule is CC1(CNc2ccc(CCCC(=O)O)cc2)CCCCC1. The minimum atomic E-state index is -0.714. The van der Waals surface area contributed by atoms with E-state index in [1.54, 1.807) is 0 Å². The van der Waals surface area contributed by atoms with Crippen molar-refractivity contribution in [3.8, 4) is 0 Å². The summed E-state index contributed by atoms with van der Waals surface area (Å²) in [7, 11) is 0. The Morgan fingerprint density at radius 2 is 1.86 bits per heavy atom. The van der Waals surface area contributed by atoms with E-state index in [9.17, 15) is 4.79 Å². The molecule has 0 radical (unpaired) electrons. The molecule has 1 fully saturated rings. The van der Waals surface area contributed by atoms with Crippen molar-refractivity contribution in [2.75, 3.05) is 11.9 Å². The van der Waals surface area contributed by atoms with E-state index in [0.717, 1.165) is 13.0 Å². The molecule has 0 aliphatic heterocycles. The number of hydrogen-bond acceptors (Lipinski definition) is 2. The smallest absolute Gasteiger partial charge is 0.303 e. The summed E-state index contributed by atoms with van der Waals surface area (Å²) in [6.45, 7) is 3.44. The molecule has 1 aliphatic carbocycles. The summed E-state index contributed by atoms with van der Waals surface area (Å²) < 4.78 is 0. The second-order valence-corrected chi connectivity index (χ2v) is 6.67. The monoisotopic (exact) mass is 289 g/mol. The lowest BCUT2D eigenvalue weighted by atomic mass is 9.76. The Morgan fingerprint density at radius 3 is 2.48 bits per heavy atom. The lowest BCUT2D eigenvalue weighted by molar-refractivity contribution is -0.137. The average molecular weight is 289 g/mol. The van der Waals surface area contributed by atoms with Gasteiger partial charge in [-0.05, 0) is 48.8 Å². The number of nitrogens with one attached hydrogen (secondary N) is 1. The van der Waals surface area contributed by atoms with Crippen LogP contribution in [0.1, 0.15) is 57.4 Å². The molecule has 0 bridgehead atoms. The van der Waals surface area contributed by atoms with Crippen molar-refractivity contribution in [2.45, 2.75) is 58.3 Å². The molecule has 116 valence electrons. The molecule has 0 saturated heterocycles. The summed E-state index contributed by atoms with van der Waals surface area (Å²) in [6.07, 6.45) is 8.56. The van der Waals surface area contributed by atoms with Crippen LogP contribution in [0.3, 0.4) is 0 Å². The topological polar surface area (TPSA) is 49.3 Å². The number of carboxylic acids is 1. The largest absolute Gasteiger partial charge is 0.481 e.